The number of carboxylic acids is 3. The molecule has 5 N–H and O–H groups in total. The normalized spacial score (nSPS) is 13.8. The Balaban J connectivity index is 0.000000747. The summed E-state index contributed by atoms with van der Waals surface area (Å²) in [6.07, 6.45) is 0.761. The SMILES string of the molecule is CCCOc1ccc(S(=O)(=O)N2CCN(CCOC(=O)CCCC(CO[N+](=O)[O-])O[N+](=O)[O-])CC2)cc1-c1nc2c(CCC)cn(CC)c2c(=O)[nH]1.O=C(O)CC(O)(CC(=O)O)C(=O)O. The van der Waals surface area contributed by atoms with Crippen molar-refractivity contribution in [2.24, 2.45) is 0 Å². The molecule has 0 radical (unpaired) electrons. The number of hydrogen-bond acceptors (Lipinski definition) is 18. The summed E-state index contributed by atoms with van der Waals surface area (Å²) in [6.45, 7) is 7.85. The van der Waals surface area contributed by atoms with Crippen LogP contribution in [0.15, 0.2) is 34.1 Å². The van der Waals surface area contributed by atoms with E-state index in [0.717, 1.165) is 24.8 Å². The van der Waals surface area contributed by atoms with Gasteiger partial charge in [0.15, 0.2) is 5.60 Å². The Morgan fingerprint density at radius 2 is 1.63 bits per heavy atom. The van der Waals surface area contributed by atoms with Crippen LogP contribution in [0.25, 0.3) is 22.4 Å². The third-order valence-electron chi connectivity index (χ3n) is 9.76. The number of H-pyrrole nitrogens is 1. The first-order valence-corrected chi connectivity index (χ1v) is 21.8. The molecule has 1 aromatic carbocycles. The van der Waals surface area contributed by atoms with Gasteiger partial charge in [-0.3, -0.25) is 24.1 Å². The van der Waals surface area contributed by atoms with Gasteiger partial charge < -0.3 is 49.1 Å². The maximum atomic E-state index is 13.9. The van der Waals surface area contributed by atoms with E-state index in [1.165, 1.54) is 16.4 Å². The molecule has 4 rings (SSSR count). The van der Waals surface area contributed by atoms with Gasteiger partial charge in [-0.05, 0) is 56.4 Å². The first-order chi connectivity index (χ1) is 30.6. The number of esters is 1. The standard InChI is InChI=1S/C32H45N7O12S.C6H8O7/c1-4-8-23-21-36(6-3)30-29(23)33-31(34-32(30)41)26-20-25(11-12-27(26)48-18-5-2)52(46,47)37-15-13-35(14-16-37)17-19-49-28(40)10-7-9-24(51-39(44)45)22-50-38(42)43;7-3(8)1-6(13,5(11)12)2-4(9)10/h11-12,20-21,24H,4-10,13-19,22H2,1-3H3,(H,33,34,41);13H,1-2H2,(H,7,8)(H,9,10)(H,11,12). The van der Waals surface area contributed by atoms with E-state index in [-0.39, 0.29) is 55.2 Å². The molecule has 27 heteroatoms. The zero-order valence-electron chi connectivity index (χ0n) is 35.9. The number of nitrogens with zero attached hydrogens (tertiary/aromatic N) is 6. The number of ether oxygens (including phenoxy) is 2. The fourth-order valence-corrected chi connectivity index (χ4v) is 8.07. The number of aliphatic carboxylic acids is 3. The number of rotatable bonds is 26. The Kier molecular flexibility index (Phi) is 20.0. The number of aryl methyl sites for hydroxylation is 2. The number of benzene rings is 1. The first kappa shape index (κ1) is 52.9. The summed E-state index contributed by atoms with van der Waals surface area (Å²) in [5.74, 6) is -4.95. The molecule has 26 nitrogen and oxygen atoms in total. The van der Waals surface area contributed by atoms with E-state index >= 15 is 0 Å². The molecule has 3 aromatic rings. The molecule has 0 saturated carbocycles. The summed E-state index contributed by atoms with van der Waals surface area (Å²) in [5.41, 5.74) is -0.704. The van der Waals surface area contributed by atoms with Gasteiger partial charge in [-0.2, -0.15) is 4.31 Å². The molecule has 2 aromatic heterocycles. The van der Waals surface area contributed by atoms with Crippen molar-refractivity contribution in [3.8, 4) is 17.1 Å². The maximum Gasteiger partial charge on any atom is 0.336 e. The molecule has 1 unspecified atom stereocenters. The van der Waals surface area contributed by atoms with Gasteiger partial charge in [0.1, 0.15) is 36.4 Å². The van der Waals surface area contributed by atoms with Crippen molar-refractivity contribution >= 4 is 44.9 Å². The quantitative estimate of drug-likeness (QED) is 0.0434. The second-order valence-corrected chi connectivity index (χ2v) is 16.6. The number of aromatic nitrogens is 3. The molecule has 1 aliphatic rings. The lowest BCUT2D eigenvalue weighted by Gasteiger charge is -2.33. The number of carbonyl (C=O) groups excluding carboxylic acids is 1. The van der Waals surface area contributed by atoms with Crippen LogP contribution in [0.3, 0.4) is 0 Å². The zero-order chi connectivity index (χ0) is 48.5. The molecule has 0 spiro atoms. The molecule has 360 valence electrons. The van der Waals surface area contributed by atoms with Gasteiger partial charge in [0.2, 0.25) is 10.0 Å². The van der Waals surface area contributed by atoms with Crippen molar-refractivity contribution in [1.82, 2.24) is 23.7 Å². The molecule has 0 amide bonds. The molecule has 65 heavy (non-hydrogen) atoms. The van der Waals surface area contributed by atoms with Crippen molar-refractivity contribution < 1.29 is 77.3 Å². The predicted molar refractivity (Wildman–Crippen MR) is 223 cm³/mol. The van der Waals surface area contributed by atoms with Gasteiger partial charge in [-0.15, -0.1) is 20.2 Å². The Labute approximate surface area is 370 Å². The van der Waals surface area contributed by atoms with Crippen LogP contribution in [0.2, 0.25) is 0 Å². The highest BCUT2D eigenvalue weighted by molar-refractivity contribution is 7.89. The average molecular weight is 944 g/mol. The minimum absolute atomic E-state index is 0.0344. The lowest BCUT2D eigenvalue weighted by Crippen LogP contribution is -2.49. The van der Waals surface area contributed by atoms with Crippen molar-refractivity contribution in [2.75, 3.05) is 52.5 Å². The van der Waals surface area contributed by atoms with Crippen molar-refractivity contribution in [3.05, 3.63) is 60.5 Å². The van der Waals surface area contributed by atoms with Gasteiger partial charge >= 0.3 is 23.9 Å². The van der Waals surface area contributed by atoms with Crippen LogP contribution in [0.5, 0.6) is 5.75 Å². The lowest BCUT2D eigenvalue weighted by atomic mass is 9.96. The molecule has 0 aliphatic carbocycles. The smallest absolute Gasteiger partial charge is 0.336 e. The third-order valence-corrected chi connectivity index (χ3v) is 11.7. The summed E-state index contributed by atoms with van der Waals surface area (Å²) in [5, 5.41) is 52.6. The molecule has 1 atom stereocenters. The fraction of sp³-hybridized carbons (Fsp3) is 0.579. The number of fused-ring (bicyclic) bond motifs is 1. The van der Waals surface area contributed by atoms with E-state index in [9.17, 15) is 52.6 Å². The van der Waals surface area contributed by atoms with Gasteiger partial charge in [0.05, 0.1) is 35.4 Å². The van der Waals surface area contributed by atoms with E-state index in [2.05, 4.69) is 14.7 Å². The van der Waals surface area contributed by atoms with Crippen molar-refractivity contribution in [2.45, 2.75) is 95.3 Å². The first-order valence-electron chi connectivity index (χ1n) is 20.4. The number of piperazine rings is 1. The Morgan fingerprint density at radius 3 is 2.18 bits per heavy atom. The van der Waals surface area contributed by atoms with Crippen LogP contribution in [0.1, 0.15) is 71.3 Å². The number of sulfonamides is 1. The number of carbonyl (C=O) groups is 4. The van der Waals surface area contributed by atoms with Crippen LogP contribution in [0.4, 0.5) is 0 Å². The highest BCUT2D eigenvalue weighted by atomic mass is 32.2. The van der Waals surface area contributed by atoms with E-state index < -0.39 is 75.2 Å². The van der Waals surface area contributed by atoms with Gasteiger partial charge in [0, 0.05) is 51.9 Å². The molecular formula is C38H53N7O19S. The van der Waals surface area contributed by atoms with Crippen LogP contribution < -0.4 is 10.3 Å². The predicted octanol–water partition coefficient (Wildman–Crippen LogP) is 1.71. The summed E-state index contributed by atoms with van der Waals surface area (Å²) in [4.78, 5) is 95.1. The van der Waals surface area contributed by atoms with Crippen LogP contribution >= 0.6 is 0 Å². The maximum absolute atomic E-state index is 13.9. The minimum Gasteiger partial charge on any atom is -0.493 e. The number of carboxylic acid groups (broad SMARTS) is 3. The van der Waals surface area contributed by atoms with Crippen LogP contribution in [-0.2, 0) is 56.6 Å². The summed E-state index contributed by atoms with van der Waals surface area (Å²) >= 11 is 0. The largest absolute Gasteiger partial charge is 0.493 e. The summed E-state index contributed by atoms with van der Waals surface area (Å²) < 4.78 is 42.2. The van der Waals surface area contributed by atoms with E-state index in [0.29, 0.717) is 55.1 Å². The van der Waals surface area contributed by atoms with Gasteiger partial charge in [0.25, 0.3) is 15.7 Å². The molecule has 1 saturated heterocycles. The average Bonchev–Trinajstić information content (AvgIpc) is 3.59. The Bertz CT molecular complexity index is 2310. The van der Waals surface area contributed by atoms with E-state index in [4.69, 9.17) is 34.9 Å². The molecule has 1 aliphatic heterocycles. The molecular weight excluding hydrogens is 891 g/mol. The second kappa shape index (κ2) is 24.6. The summed E-state index contributed by atoms with van der Waals surface area (Å²) in [7, 11) is -3.95. The third kappa shape index (κ3) is 15.6. The van der Waals surface area contributed by atoms with E-state index in [1.807, 2.05) is 36.4 Å². The Hall–Kier alpha value is -6.45. The van der Waals surface area contributed by atoms with Gasteiger partial charge in [-0.1, -0.05) is 20.3 Å². The van der Waals surface area contributed by atoms with Gasteiger partial charge in [-0.25, -0.2) is 18.2 Å². The molecule has 0 bridgehead atoms. The van der Waals surface area contributed by atoms with Crippen molar-refractivity contribution in [3.63, 3.8) is 0 Å². The topological polar surface area (TPSA) is 364 Å². The number of aliphatic hydroxyl groups is 1. The lowest BCUT2D eigenvalue weighted by molar-refractivity contribution is -0.790. The Morgan fingerprint density at radius 1 is 0.969 bits per heavy atom. The zero-order valence-corrected chi connectivity index (χ0v) is 36.7. The molecule has 1 fully saturated rings. The van der Waals surface area contributed by atoms with Crippen LogP contribution in [-0.4, -0.2) is 151 Å². The van der Waals surface area contributed by atoms with Crippen molar-refractivity contribution in [1.29, 1.82) is 0 Å². The highest BCUT2D eigenvalue weighted by Crippen LogP contribution is 2.33. The second-order valence-electron chi connectivity index (χ2n) is 14.6. The number of hydrogen-bond donors (Lipinski definition) is 5. The summed E-state index contributed by atoms with van der Waals surface area (Å²) in [6, 6.07) is 4.57. The number of nitrogens with one attached hydrogen (secondary N) is 1. The van der Waals surface area contributed by atoms with Crippen LogP contribution in [0, 0.1) is 20.2 Å². The number of aromatic amines is 1. The highest BCUT2D eigenvalue weighted by Gasteiger charge is 2.41. The monoisotopic (exact) mass is 943 g/mol. The minimum atomic E-state index is -3.95. The molecule has 3 heterocycles. The fourth-order valence-electron chi connectivity index (χ4n) is 6.62. The van der Waals surface area contributed by atoms with E-state index in [1.54, 1.807) is 6.07 Å².